The third-order valence-corrected chi connectivity index (χ3v) is 3.02. The molecule has 1 aliphatic rings. The van der Waals surface area contributed by atoms with Crippen molar-refractivity contribution in [2.75, 3.05) is 13.1 Å². The van der Waals surface area contributed by atoms with E-state index >= 15 is 0 Å². The molecule has 1 unspecified atom stereocenters. The Labute approximate surface area is 82.3 Å². The molecular weight excluding hydrogens is 160 g/mol. The first-order valence-corrected chi connectivity index (χ1v) is 5.79. The van der Waals surface area contributed by atoms with Gasteiger partial charge in [-0.15, -0.1) is 0 Å². The van der Waals surface area contributed by atoms with Crippen molar-refractivity contribution < 1.29 is 0 Å². The molecule has 1 fully saturated rings. The van der Waals surface area contributed by atoms with E-state index < -0.39 is 0 Å². The molecule has 0 aliphatic heterocycles. The van der Waals surface area contributed by atoms with Gasteiger partial charge in [0.15, 0.2) is 0 Å². The molecule has 78 valence electrons. The maximum Gasteiger partial charge on any atom is 0.0167 e. The molecule has 0 aromatic heterocycles. The van der Waals surface area contributed by atoms with E-state index in [1.54, 1.807) is 0 Å². The van der Waals surface area contributed by atoms with E-state index in [1.165, 1.54) is 38.5 Å². The average Bonchev–Trinajstić information content (AvgIpc) is 2.16. The Morgan fingerprint density at radius 2 is 2.00 bits per heavy atom. The first-order valence-electron chi connectivity index (χ1n) is 5.79. The normalized spacial score (nSPS) is 21.7. The van der Waals surface area contributed by atoms with Gasteiger partial charge in [-0.3, -0.25) is 0 Å². The van der Waals surface area contributed by atoms with Crippen molar-refractivity contribution >= 4 is 0 Å². The maximum absolute atomic E-state index is 6.03. The van der Waals surface area contributed by atoms with Gasteiger partial charge >= 0.3 is 0 Å². The van der Waals surface area contributed by atoms with E-state index in [2.05, 4.69) is 12.2 Å². The summed E-state index contributed by atoms with van der Waals surface area (Å²) in [5, 5.41) is 3.31. The number of nitrogens with one attached hydrogen (secondary N) is 1. The van der Waals surface area contributed by atoms with Gasteiger partial charge in [0.25, 0.3) is 0 Å². The number of hydrogen-bond donors (Lipinski definition) is 2. The van der Waals surface area contributed by atoms with E-state index in [0.717, 1.165) is 19.0 Å². The predicted molar refractivity (Wildman–Crippen MR) is 57.7 cm³/mol. The van der Waals surface area contributed by atoms with Gasteiger partial charge in [0.05, 0.1) is 0 Å². The van der Waals surface area contributed by atoms with Crippen LogP contribution >= 0.6 is 0 Å². The second-order valence-corrected chi connectivity index (χ2v) is 4.31. The lowest BCUT2D eigenvalue weighted by atomic mass is 9.85. The maximum atomic E-state index is 6.03. The van der Waals surface area contributed by atoms with Crippen LogP contribution in [0, 0.1) is 5.92 Å². The van der Waals surface area contributed by atoms with Crippen molar-refractivity contribution in [3.05, 3.63) is 0 Å². The van der Waals surface area contributed by atoms with E-state index in [9.17, 15) is 0 Å². The van der Waals surface area contributed by atoms with Crippen molar-refractivity contribution in [2.45, 2.75) is 51.5 Å². The lowest BCUT2D eigenvalue weighted by Crippen LogP contribution is -2.35. The molecule has 13 heavy (non-hydrogen) atoms. The zero-order valence-electron chi connectivity index (χ0n) is 8.89. The van der Waals surface area contributed by atoms with Crippen molar-refractivity contribution in [1.29, 1.82) is 0 Å². The molecule has 0 saturated heterocycles. The minimum Gasteiger partial charge on any atom is -0.327 e. The quantitative estimate of drug-likeness (QED) is 0.685. The fourth-order valence-electron chi connectivity index (χ4n) is 2.26. The highest BCUT2D eigenvalue weighted by atomic mass is 14.9. The van der Waals surface area contributed by atoms with Gasteiger partial charge < -0.3 is 11.1 Å². The topological polar surface area (TPSA) is 38.0 Å². The SMILES string of the molecule is CCNCC(N)CC1CCCCC1. The summed E-state index contributed by atoms with van der Waals surface area (Å²) in [7, 11) is 0. The third kappa shape index (κ3) is 4.63. The van der Waals surface area contributed by atoms with Crippen LogP contribution in [0.4, 0.5) is 0 Å². The van der Waals surface area contributed by atoms with Gasteiger partial charge in [0, 0.05) is 12.6 Å². The molecule has 2 nitrogen and oxygen atoms in total. The van der Waals surface area contributed by atoms with E-state index in [0.29, 0.717) is 6.04 Å². The first-order chi connectivity index (χ1) is 6.33. The van der Waals surface area contributed by atoms with Gasteiger partial charge in [-0.1, -0.05) is 39.0 Å². The molecule has 0 aromatic rings. The fourth-order valence-corrected chi connectivity index (χ4v) is 2.26. The Morgan fingerprint density at radius 3 is 2.62 bits per heavy atom. The van der Waals surface area contributed by atoms with Crippen LogP contribution in [0.5, 0.6) is 0 Å². The highest BCUT2D eigenvalue weighted by Gasteiger charge is 2.16. The summed E-state index contributed by atoms with van der Waals surface area (Å²) in [6, 6.07) is 0.378. The Bertz CT molecular complexity index is 119. The Hall–Kier alpha value is -0.0800. The summed E-state index contributed by atoms with van der Waals surface area (Å²) in [5.74, 6) is 0.919. The van der Waals surface area contributed by atoms with Gasteiger partial charge in [-0.05, 0) is 18.9 Å². The van der Waals surface area contributed by atoms with Crippen molar-refractivity contribution in [3.8, 4) is 0 Å². The molecular formula is C11H24N2. The third-order valence-electron chi connectivity index (χ3n) is 3.02. The van der Waals surface area contributed by atoms with Crippen LogP contribution < -0.4 is 11.1 Å². The van der Waals surface area contributed by atoms with Gasteiger partial charge in [-0.2, -0.15) is 0 Å². The van der Waals surface area contributed by atoms with E-state index in [-0.39, 0.29) is 0 Å². The Kier molecular flexibility index (Phi) is 5.40. The minimum absolute atomic E-state index is 0.378. The number of likely N-dealkylation sites (N-methyl/N-ethyl adjacent to an activating group) is 1. The van der Waals surface area contributed by atoms with Crippen LogP contribution in [-0.2, 0) is 0 Å². The highest BCUT2D eigenvalue weighted by molar-refractivity contribution is 4.73. The van der Waals surface area contributed by atoms with Crippen molar-refractivity contribution in [2.24, 2.45) is 11.7 Å². The largest absolute Gasteiger partial charge is 0.327 e. The van der Waals surface area contributed by atoms with Crippen LogP contribution in [0.2, 0.25) is 0 Å². The second kappa shape index (κ2) is 6.39. The molecule has 0 radical (unpaired) electrons. The average molecular weight is 184 g/mol. The molecule has 0 amide bonds. The molecule has 1 aliphatic carbocycles. The van der Waals surface area contributed by atoms with Gasteiger partial charge in [0.1, 0.15) is 0 Å². The molecule has 0 aromatic carbocycles. The van der Waals surface area contributed by atoms with Gasteiger partial charge in [-0.25, -0.2) is 0 Å². The summed E-state index contributed by atoms with van der Waals surface area (Å²) >= 11 is 0. The number of rotatable bonds is 5. The first kappa shape index (κ1) is 11.0. The molecule has 0 heterocycles. The molecule has 1 saturated carbocycles. The zero-order chi connectivity index (χ0) is 9.52. The monoisotopic (exact) mass is 184 g/mol. The Balaban J connectivity index is 2.07. The lowest BCUT2D eigenvalue weighted by Gasteiger charge is -2.24. The highest BCUT2D eigenvalue weighted by Crippen LogP contribution is 2.26. The molecule has 3 N–H and O–H groups in total. The molecule has 1 rings (SSSR count). The molecule has 0 spiro atoms. The predicted octanol–water partition coefficient (Wildman–Crippen LogP) is 1.89. The summed E-state index contributed by atoms with van der Waals surface area (Å²) in [6.07, 6.45) is 8.36. The van der Waals surface area contributed by atoms with Gasteiger partial charge in [0.2, 0.25) is 0 Å². The van der Waals surface area contributed by atoms with Crippen LogP contribution in [0.15, 0.2) is 0 Å². The standard InChI is InChI=1S/C11H24N2/c1-2-13-9-11(12)8-10-6-4-3-5-7-10/h10-11,13H,2-9,12H2,1H3. The second-order valence-electron chi connectivity index (χ2n) is 4.31. The zero-order valence-corrected chi connectivity index (χ0v) is 8.89. The molecule has 0 bridgehead atoms. The van der Waals surface area contributed by atoms with Crippen LogP contribution in [-0.4, -0.2) is 19.1 Å². The van der Waals surface area contributed by atoms with Crippen LogP contribution in [0.3, 0.4) is 0 Å². The van der Waals surface area contributed by atoms with Crippen molar-refractivity contribution in [1.82, 2.24) is 5.32 Å². The lowest BCUT2D eigenvalue weighted by molar-refractivity contribution is 0.314. The number of nitrogens with two attached hydrogens (primary N) is 1. The van der Waals surface area contributed by atoms with E-state index in [1.807, 2.05) is 0 Å². The minimum atomic E-state index is 0.378. The fraction of sp³-hybridized carbons (Fsp3) is 1.00. The summed E-state index contributed by atoms with van der Waals surface area (Å²) in [5.41, 5.74) is 6.03. The van der Waals surface area contributed by atoms with Crippen LogP contribution in [0.25, 0.3) is 0 Å². The number of hydrogen-bond acceptors (Lipinski definition) is 2. The van der Waals surface area contributed by atoms with Crippen LogP contribution in [0.1, 0.15) is 45.4 Å². The summed E-state index contributed by atoms with van der Waals surface area (Å²) < 4.78 is 0. The molecule has 1 atom stereocenters. The molecule has 2 heteroatoms. The van der Waals surface area contributed by atoms with E-state index in [4.69, 9.17) is 5.73 Å². The summed E-state index contributed by atoms with van der Waals surface area (Å²) in [6.45, 7) is 4.17. The summed E-state index contributed by atoms with van der Waals surface area (Å²) in [4.78, 5) is 0. The Morgan fingerprint density at radius 1 is 1.31 bits per heavy atom. The smallest absolute Gasteiger partial charge is 0.0167 e. The van der Waals surface area contributed by atoms with Crippen molar-refractivity contribution in [3.63, 3.8) is 0 Å².